The molecule has 3 aliphatic rings. The van der Waals surface area contributed by atoms with E-state index in [9.17, 15) is 9.59 Å². The molecule has 1 saturated carbocycles. The lowest BCUT2D eigenvalue weighted by Crippen LogP contribution is -2.54. The molecule has 5 nitrogen and oxygen atoms in total. The van der Waals surface area contributed by atoms with Gasteiger partial charge in [-0.15, -0.1) is 0 Å². The minimum atomic E-state index is -0.483. The third kappa shape index (κ3) is 2.54. The second-order valence-electron chi connectivity index (χ2n) is 8.83. The summed E-state index contributed by atoms with van der Waals surface area (Å²) in [5.74, 6) is -0.0484. The number of rotatable bonds is 2. The molecule has 1 fully saturated rings. The van der Waals surface area contributed by atoms with Gasteiger partial charge < -0.3 is 15.2 Å². The molecular weight excluding hydrogens is 374 g/mol. The standard InChI is InChI=1S/C25H25N3O2/c29-24(26-15-8-2-1-3-9-15)21-14-19-16-10-6-7-13-20(16)27-22(19)23-17-11-4-5-12-18(17)25(30)28(21)23/h4-7,10-13,15,21,23,27H,1-3,8-9,14H2,(H,26,29)/t21-,23?/m0/s1. The molecule has 1 aliphatic carbocycles. The first-order valence-corrected chi connectivity index (χ1v) is 11.0. The van der Waals surface area contributed by atoms with E-state index >= 15 is 0 Å². The number of H-pyrrole nitrogens is 1. The highest BCUT2D eigenvalue weighted by Gasteiger charge is 2.49. The molecule has 6 rings (SSSR count). The van der Waals surface area contributed by atoms with Gasteiger partial charge in [0, 0.05) is 34.6 Å². The largest absolute Gasteiger partial charge is 0.356 e. The minimum absolute atomic E-state index is 0.0102. The van der Waals surface area contributed by atoms with Crippen LogP contribution < -0.4 is 5.32 Å². The summed E-state index contributed by atoms with van der Waals surface area (Å²) in [6.07, 6.45) is 6.20. The molecule has 2 aromatic carbocycles. The molecule has 3 heterocycles. The predicted molar refractivity (Wildman–Crippen MR) is 115 cm³/mol. The molecule has 0 saturated heterocycles. The third-order valence-electron chi connectivity index (χ3n) is 7.11. The van der Waals surface area contributed by atoms with Crippen LogP contribution in [0, 0.1) is 0 Å². The average Bonchev–Trinajstić information content (AvgIpc) is 3.30. The van der Waals surface area contributed by atoms with Crippen molar-refractivity contribution in [3.8, 4) is 0 Å². The number of nitrogens with zero attached hydrogens (tertiary/aromatic N) is 1. The maximum atomic E-state index is 13.5. The summed E-state index contributed by atoms with van der Waals surface area (Å²) in [6, 6.07) is 15.5. The number of fused-ring (bicyclic) bond motifs is 7. The first-order chi connectivity index (χ1) is 14.7. The van der Waals surface area contributed by atoms with Crippen LogP contribution in [0.15, 0.2) is 48.5 Å². The topological polar surface area (TPSA) is 65.2 Å². The van der Waals surface area contributed by atoms with E-state index in [1.807, 2.05) is 41.3 Å². The Bertz CT molecular complexity index is 1160. The van der Waals surface area contributed by atoms with Crippen LogP contribution in [0.5, 0.6) is 0 Å². The van der Waals surface area contributed by atoms with Crippen LogP contribution in [0.2, 0.25) is 0 Å². The van der Waals surface area contributed by atoms with Gasteiger partial charge in [-0.1, -0.05) is 55.7 Å². The molecule has 2 aliphatic heterocycles. The Morgan fingerprint density at radius 2 is 1.77 bits per heavy atom. The zero-order valence-electron chi connectivity index (χ0n) is 16.9. The van der Waals surface area contributed by atoms with Crippen molar-refractivity contribution in [3.63, 3.8) is 0 Å². The molecule has 1 aromatic heterocycles. The fraction of sp³-hybridized carbons (Fsp3) is 0.360. The molecule has 2 N–H and O–H groups in total. The number of hydrogen-bond donors (Lipinski definition) is 2. The zero-order chi connectivity index (χ0) is 20.2. The fourth-order valence-corrected chi connectivity index (χ4v) is 5.68. The number of benzene rings is 2. The Morgan fingerprint density at radius 3 is 2.63 bits per heavy atom. The van der Waals surface area contributed by atoms with Gasteiger partial charge in [0.05, 0.1) is 6.04 Å². The Morgan fingerprint density at radius 1 is 1.00 bits per heavy atom. The van der Waals surface area contributed by atoms with Crippen LogP contribution in [-0.2, 0) is 11.2 Å². The summed E-state index contributed by atoms with van der Waals surface area (Å²) < 4.78 is 0. The van der Waals surface area contributed by atoms with Crippen LogP contribution >= 0.6 is 0 Å². The second kappa shape index (κ2) is 6.73. The average molecular weight is 399 g/mol. The number of amides is 2. The molecular formula is C25H25N3O2. The van der Waals surface area contributed by atoms with Crippen molar-refractivity contribution < 1.29 is 9.59 Å². The maximum absolute atomic E-state index is 13.5. The lowest BCUT2D eigenvalue weighted by atomic mass is 9.89. The fourth-order valence-electron chi connectivity index (χ4n) is 5.68. The van der Waals surface area contributed by atoms with Crippen LogP contribution in [0.3, 0.4) is 0 Å². The van der Waals surface area contributed by atoms with Crippen molar-refractivity contribution in [1.82, 2.24) is 15.2 Å². The molecule has 152 valence electrons. The van der Waals surface area contributed by atoms with Gasteiger partial charge in [-0.25, -0.2) is 0 Å². The molecule has 1 unspecified atom stereocenters. The summed E-state index contributed by atoms with van der Waals surface area (Å²) in [5.41, 5.74) is 4.99. The van der Waals surface area contributed by atoms with Gasteiger partial charge in [-0.05, 0) is 36.1 Å². The van der Waals surface area contributed by atoms with E-state index in [1.165, 1.54) is 24.8 Å². The SMILES string of the molecule is O=C(NC1CCCCC1)[C@@H]1Cc2c([nH]c3ccccc23)C2c3ccccc3C(=O)N21. The van der Waals surface area contributed by atoms with Crippen molar-refractivity contribution in [2.24, 2.45) is 0 Å². The van der Waals surface area contributed by atoms with Gasteiger partial charge in [0.2, 0.25) is 5.91 Å². The summed E-state index contributed by atoms with van der Waals surface area (Å²) in [6.45, 7) is 0. The molecule has 30 heavy (non-hydrogen) atoms. The number of nitrogens with one attached hydrogen (secondary N) is 2. The zero-order valence-corrected chi connectivity index (χ0v) is 16.9. The van der Waals surface area contributed by atoms with E-state index < -0.39 is 6.04 Å². The van der Waals surface area contributed by atoms with Crippen molar-refractivity contribution in [2.75, 3.05) is 0 Å². The van der Waals surface area contributed by atoms with Gasteiger partial charge in [0.1, 0.15) is 6.04 Å². The molecule has 2 amide bonds. The van der Waals surface area contributed by atoms with Crippen molar-refractivity contribution in [1.29, 1.82) is 0 Å². The highest BCUT2D eigenvalue weighted by atomic mass is 16.2. The van der Waals surface area contributed by atoms with Gasteiger partial charge in [0.15, 0.2) is 0 Å². The van der Waals surface area contributed by atoms with Gasteiger partial charge in [0.25, 0.3) is 5.91 Å². The lowest BCUT2D eigenvalue weighted by Gasteiger charge is -2.38. The summed E-state index contributed by atoms with van der Waals surface area (Å²) in [4.78, 5) is 32.2. The van der Waals surface area contributed by atoms with E-state index in [1.54, 1.807) is 0 Å². The van der Waals surface area contributed by atoms with E-state index in [0.29, 0.717) is 12.0 Å². The summed E-state index contributed by atoms with van der Waals surface area (Å²) in [5, 5.41) is 4.43. The third-order valence-corrected chi connectivity index (χ3v) is 7.11. The van der Waals surface area contributed by atoms with Gasteiger partial charge >= 0.3 is 0 Å². The van der Waals surface area contributed by atoms with Gasteiger partial charge in [-0.3, -0.25) is 9.59 Å². The number of para-hydroxylation sites is 1. The van der Waals surface area contributed by atoms with Gasteiger partial charge in [-0.2, -0.15) is 0 Å². The van der Waals surface area contributed by atoms with E-state index in [0.717, 1.165) is 35.0 Å². The Hall–Kier alpha value is -3.08. The Balaban J connectivity index is 1.46. The first-order valence-electron chi connectivity index (χ1n) is 11.0. The second-order valence-corrected chi connectivity index (χ2v) is 8.83. The number of aromatic amines is 1. The smallest absolute Gasteiger partial charge is 0.255 e. The van der Waals surface area contributed by atoms with Crippen molar-refractivity contribution in [3.05, 3.63) is 70.9 Å². The highest BCUT2D eigenvalue weighted by Crippen LogP contribution is 2.46. The number of carbonyl (C=O) groups excluding carboxylic acids is 2. The van der Waals surface area contributed by atoms with E-state index in [4.69, 9.17) is 0 Å². The van der Waals surface area contributed by atoms with Crippen LogP contribution in [-0.4, -0.2) is 33.8 Å². The lowest BCUT2D eigenvalue weighted by molar-refractivity contribution is -0.127. The summed E-state index contributed by atoms with van der Waals surface area (Å²) in [7, 11) is 0. The van der Waals surface area contributed by atoms with Crippen LogP contribution in [0.25, 0.3) is 10.9 Å². The van der Waals surface area contributed by atoms with Crippen molar-refractivity contribution in [2.45, 2.75) is 56.7 Å². The normalized spacial score (nSPS) is 23.2. The number of carbonyl (C=O) groups is 2. The Kier molecular flexibility index (Phi) is 3.98. The minimum Gasteiger partial charge on any atom is -0.356 e. The Labute approximate surface area is 175 Å². The molecule has 0 bridgehead atoms. The quantitative estimate of drug-likeness (QED) is 0.682. The monoisotopic (exact) mass is 399 g/mol. The molecule has 3 aromatic rings. The molecule has 5 heteroatoms. The molecule has 2 atom stereocenters. The predicted octanol–water partition coefficient (Wildman–Crippen LogP) is 4.09. The van der Waals surface area contributed by atoms with Crippen LogP contribution in [0.4, 0.5) is 0 Å². The molecule has 0 spiro atoms. The highest BCUT2D eigenvalue weighted by molar-refractivity contribution is 6.03. The number of aromatic nitrogens is 1. The number of hydrogen-bond acceptors (Lipinski definition) is 2. The summed E-state index contributed by atoms with van der Waals surface area (Å²) >= 11 is 0. The first kappa shape index (κ1) is 17.8. The maximum Gasteiger partial charge on any atom is 0.255 e. The van der Waals surface area contributed by atoms with E-state index in [-0.39, 0.29) is 23.9 Å². The van der Waals surface area contributed by atoms with E-state index in [2.05, 4.69) is 22.4 Å². The van der Waals surface area contributed by atoms with Crippen LogP contribution in [0.1, 0.15) is 65.3 Å². The van der Waals surface area contributed by atoms with Crippen molar-refractivity contribution >= 4 is 22.7 Å². The molecule has 0 radical (unpaired) electrons.